The molecule has 72 valence electrons. The zero-order valence-corrected chi connectivity index (χ0v) is 8.05. The Labute approximate surface area is 78.4 Å². The van der Waals surface area contributed by atoms with Gasteiger partial charge in [-0.1, -0.05) is 26.2 Å². The van der Waals surface area contributed by atoms with Crippen LogP contribution in [0.25, 0.3) is 0 Å². The van der Waals surface area contributed by atoms with E-state index in [1.807, 2.05) is 6.92 Å². The molecule has 0 unspecified atom stereocenters. The molecular formula is C10H14O3. The van der Waals surface area contributed by atoms with E-state index in [4.69, 9.17) is 9.47 Å². The summed E-state index contributed by atoms with van der Waals surface area (Å²) in [5, 5.41) is 0. The molecule has 0 aromatic carbocycles. The minimum Gasteiger partial charge on any atom is -0.379 e. The molecular weight excluding hydrogens is 168 g/mol. The summed E-state index contributed by atoms with van der Waals surface area (Å²) in [4.78, 5) is 10.5. The lowest BCUT2D eigenvalue weighted by molar-refractivity contribution is -0.237. The maximum Gasteiger partial charge on any atom is 0.516 e. The van der Waals surface area contributed by atoms with Gasteiger partial charge in [-0.2, -0.15) is 0 Å². The number of hydrogen-bond donors (Lipinski definition) is 0. The van der Waals surface area contributed by atoms with Crippen molar-refractivity contribution in [1.82, 2.24) is 0 Å². The van der Waals surface area contributed by atoms with E-state index in [-0.39, 0.29) is 0 Å². The Balaban J connectivity index is 2.50. The van der Waals surface area contributed by atoms with Crippen LogP contribution < -0.4 is 0 Å². The predicted molar refractivity (Wildman–Crippen MR) is 47.9 cm³/mol. The van der Waals surface area contributed by atoms with Crippen LogP contribution in [0.4, 0.5) is 4.79 Å². The van der Waals surface area contributed by atoms with Crippen molar-refractivity contribution in [2.75, 3.05) is 0 Å². The second kappa shape index (κ2) is 4.18. The lowest BCUT2D eigenvalue weighted by Gasteiger charge is -2.34. The molecule has 0 atom stereocenters. The Morgan fingerprint density at radius 3 is 2.54 bits per heavy atom. The van der Waals surface area contributed by atoms with Gasteiger partial charge < -0.3 is 9.47 Å². The Morgan fingerprint density at radius 1 is 1.38 bits per heavy atom. The van der Waals surface area contributed by atoms with Crippen LogP contribution in [0.5, 0.6) is 0 Å². The topological polar surface area (TPSA) is 35.5 Å². The van der Waals surface area contributed by atoms with E-state index in [1.165, 1.54) is 0 Å². The standard InChI is InChI=1S/C10H14O3/c1-3-5-7-10(8-6-4-2)12-9(11)13-10/h3-5,7H2,1-2H3. The quantitative estimate of drug-likeness (QED) is 0.496. The number of carbonyl (C=O) groups excluding carboxylic acids is 1. The summed E-state index contributed by atoms with van der Waals surface area (Å²) in [7, 11) is 0. The highest BCUT2D eigenvalue weighted by Gasteiger charge is 2.46. The van der Waals surface area contributed by atoms with Gasteiger partial charge in [0.2, 0.25) is 0 Å². The van der Waals surface area contributed by atoms with E-state index in [1.54, 1.807) is 0 Å². The van der Waals surface area contributed by atoms with Crippen molar-refractivity contribution in [2.24, 2.45) is 0 Å². The number of ether oxygens (including phenoxy) is 2. The summed E-state index contributed by atoms with van der Waals surface area (Å²) in [6.45, 7) is 4.02. The largest absolute Gasteiger partial charge is 0.516 e. The third kappa shape index (κ3) is 2.38. The van der Waals surface area contributed by atoms with Crippen molar-refractivity contribution in [3.05, 3.63) is 0 Å². The SMILES string of the molecule is CCC#CC1(CCCC)OC(=O)O1. The smallest absolute Gasteiger partial charge is 0.379 e. The van der Waals surface area contributed by atoms with Gasteiger partial charge in [-0.05, 0) is 12.3 Å². The van der Waals surface area contributed by atoms with Crippen LogP contribution in [0.1, 0.15) is 39.5 Å². The zero-order chi connectivity index (χ0) is 9.73. The second-order valence-corrected chi connectivity index (χ2v) is 2.97. The molecule has 1 fully saturated rings. The molecule has 0 aliphatic carbocycles. The Morgan fingerprint density at radius 2 is 2.08 bits per heavy atom. The molecule has 13 heavy (non-hydrogen) atoms. The van der Waals surface area contributed by atoms with Gasteiger partial charge in [-0.3, -0.25) is 0 Å². The van der Waals surface area contributed by atoms with Gasteiger partial charge in [0.1, 0.15) is 0 Å². The molecule has 0 saturated carbocycles. The molecule has 0 amide bonds. The van der Waals surface area contributed by atoms with Crippen LogP contribution in [0.3, 0.4) is 0 Å². The summed E-state index contributed by atoms with van der Waals surface area (Å²) in [5.41, 5.74) is 0. The molecule has 1 saturated heterocycles. The first-order chi connectivity index (χ1) is 6.22. The molecule has 0 aromatic heterocycles. The monoisotopic (exact) mass is 182 g/mol. The van der Waals surface area contributed by atoms with Crippen molar-refractivity contribution in [3.63, 3.8) is 0 Å². The fraction of sp³-hybridized carbons (Fsp3) is 0.700. The first-order valence-electron chi connectivity index (χ1n) is 4.64. The molecule has 3 nitrogen and oxygen atoms in total. The molecule has 1 heterocycles. The molecule has 1 rings (SSSR count). The zero-order valence-electron chi connectivity index (χ0n) is 8.05. The number of carbonyl (C=O) groups is 1. The maximum absolute atomic E-state index is 10.5. The highest BCUT2D eigenvalue weighted by Crippen LogP contribution is 2.29. The van der Waals surface area contributed by atoms with E-state index in [2.05, 4.69) is 18.8 Å². The molecule has 1 aliphatic rings. The predicted octanol–water partition coefficient (Wildman–Crippen LogP) is 2.45. The highest BCUT2D eigenvalue weighted by molar-refractivity contribution is 5.67. The van der Waals surface area contributed by atoms with Crippen molar-refractivity contribution in [2.45, 2.75) is 45.3 Å². The number of cyclic esters (lactones) is 2. The summed E-state index contributed by atoms with van der Waals surface area (Å²) in [6, 6.07) is 0. The first-order valence-corrected chi connectivity index (χ1v) is 4.64. The average Bonchev–Trinajstić information content (AvgIpc) is 2.08. The van der Waals surface area contributed by atoms with Gasteiger partial charge in [-0.25, -0.2) is 4.79 Å². The summed E-state index contributed by atoms with van der Waals surface area (Å²) in [5.74, 6) is 4.79. The van der Waals surface area contributed by atoms with Gasteiger partial charge in [-0.15, -0.1) is 0 Å². The highest BCUT2D eigenvalue weighted by atomic mass is 16.9. The second-order valence-electron chi connectivity index (χ2n) is 2.97. The van der Waals surface area contributed by atoms with Crippen LogP contribution in [-0.2, 0) is 9.47 Å². The molecule has 3 heteroatoms. The fourth-order valence-electron chi connectivity index (χ4n) is 1.13. The lowest BCUT2D eigenvalue weighted by Crippen LogP contribution is -2.49. The van der Waals surface area contributed by atoms with Crippen LogP contribution >= 0.6 is 0 Å². The fourth-order valence-corrected chi connectivity index (χ4v) is 1.13. The first kappa shape index (κ1) is 9.91. The van der Waals surface area contributed by atoms with Gasteiger partial charge >= 0.3 is 11.9 Å². The lowest BCUT2D eigenvalue weighted by atomic mass is 10.1. The van der Waals surface area contributed by atoms with Gasteiger partial charge in [0.15, 0.2) is 0 Å². The Kier molecular flexibility index (Phi) is 3.18. The normalized spacial score (nSPS) is 17.5. The van der Waals surface area contributed by atoms with E-state index >= 15 is 0 Å². The summed E-state index contributed by atoms with van der Waals surface area (Å²) in [6.07, 6.45) is 2.79. The minimum atomic E-state index is -0.914. The van der Waals surface area contributed by atoms with Crippen molar-refractivity contribution in [3.8, 4) is 11.8 Å². The van der Waals surface area contributed by atoms with Crippen LogP contribution in [0, 0.1) is 11.8 Å². The summed E-state index contributed by atoms with van der Waals surface area (Å²) >= 11 is 0. The van der Waals surface area contributed by atoms with Gasteiger partial charge in [0.05, 0.1) is 0 Å². The third-order valence-electron chi connectivity index (χ3n) is 1.81. The molecule has 0 aromatic rings. The number of rotatable bonds is 3. The van der Waals surface area contributed by atoms with Crippen LogP contribution in [-0.4, -0.2) is 11.9 Å². The molecule has 0 spiro atoms. The maximum atomic E-state index is 10.5. The van der Waals surface area contributed by atoms with Crippen LogP contribution in [0.15, 0.2) is 0 Å². The van der Waals surface area contributed by atoms with Crippen molar-refractivity contribution >= 4 is 6.16 Å². The Bertz CT molecular complexity index is 239. The molecule has 0 bridgehead atoms. The van der Waals surface area contributed by atoms with E-state index in [9.17, 15) is 4.79 Å². The van der Waals surface area contributed by atoms with Gasteiger partial charge in [0.25, 0.3) is 0 Å². The van der Waals surface area contributed by atoms with Crippen molar-refractivity contribution < 1.29 is 14.3 Å². The Hall–Kier alpha value is -1.17. The number of hydrogen-bond acceptors (Lipinski definition) is 3. The van der Waals surface area contributed by atoms with E-state index in [0.29, 0.717) is 6.42 Å². The summed E-state index contributed by atoms with van der Waals surface area (Å²) < 4.78 is 9.79. The van der Waals surface area contributed by atoms with E-state index in [0.717, 1.165) is 19.3 Å². The number of unbranched alkanes of at least 4 members (excludes halogenated alkanes) is 1. The van der Waals surface area contributed by atoms with Crippen LogP contribution in [0.2, 0.25) is 0 Å². The third-order valence-corrected chi connectivity index (χ3v) is 1.81. The molecule has 1 aliphatic heterocycles. The van der Waals surface area contributed by atoms with Crippen molar-refractivity contribution in [1.29, 1.82) is 0 Å². The van der Waals surface area contributed by atoms with Gasteiger partial charge in [0, 0.05) is 12.8 Å². The molecule has 0 radical (unpaired) electrons. The average molecular weight is 182 g/mol. The minimum absolute atomic E-state index is 0.610. The van der Waals surface area contributed by atoms with E-state index < -0.39 is 11.9 Å². The molecule has 0 N–H and O–H groups in total.